The van der Waals surface area contributed by atoms with Gasteiger partial charge in [-0.15, -0.1) is 0 Å². The fraction of sp³-hybridized carbons (Fsp3) is 0.640. The first-order chi connectivity index (χ1) is 14.7. The molecule has 1 aromatic rings. The second kappa shape index (κ2) is 10.0. The summed E-state index contributed by atoms with van der Waals surface area (Å²) in [7, 11) is 0. The van der Waals surface area contributed by atoms with E-state index in [1.807, 2.05) is 6.07 Å². The Morgan fingerprint density at radius 2 is 2.10 bits per heavy atom. The lowest BCUT2D eigenvalue weighted by molar-refractivity contribution is 0.00812. The normalized spacial score (nSPS) is 22.5. The Balaban J connectivity index is 1.96. The Labute approximate surface area is 185 Å². The molecule has 0 saturated carbocycles. The smallest absolute Gasteiger partial charge is 0.487 e. The molecule has 1 heterocycles. The molecular formula is C25H36O6. The summed E-state index contributed by atoms with van der Waals surface area (Å²) in [4.78, 5) is 12.3. The lowest BCUT2D eigenvalue weighted by Gasteiger charge is -2.46. The molecule has 31 heavy (non-hydrogen) atoms. The maximum Gasteiger partial charge on any atom is 0.513 e. The molecule has 1 aromatic carbocycles. The van der Waals surface area contributed by atoms with Crippen LogP contribution in [0.2, 0.25) is 0 Å². The van der Waals surface area contributed by atoms with Gasteiger partial charge in [-0.3, -0.25) is 0 Å². The molecule has 6 nitrogen and oxygen atoms in total. The maximum absolute atomic E-state index is 12.3. The summed E-state index contributed by atoms with van der Waals surface area (Å²) in [6, 6.07) is 4.02. The van der Waals surface area contributed by atoms with E-state index in [2.05, 4.69) is 39.8 Å². The van der Waals surface area contributed by atoms with Gasteiger partial charge < -0.3 is 24.4 Å². The molecule has 0 aromatic heterocycles. The Bertz CT molecular complexity index is 812. The highest BCUT2D eigenvalue weighted by atomic mass is 16.7. The largest absolute Gasteiger partial charge is 0.513 e. The number of unbranched alkanes of at least 4 members (excludes halogenated alkanes) is 2. The van der Waals surface area contributed by atoms with Crippen LogP contribution < -0.4 is 9.47 Å². The van der Waals surface area contributed by atoms with Crippen molar-refractivity contribution in [3.63, 3.8) is 0 Å². The summed E-state index contributed by atoms with van der Waals surface area (Å²) in [6.07, 6.45) is 6.51. The summed E-state index contributed by atoms with van der Waals surface area (Å²) < 4.78 is 17.1. The van der Waals surface area contributed by atoms with E-state index >= 15 is 0 Å². The van der Waals surface area contributed by atoms with Crippen molar-refractivity contribution in [2.24, 2.45) is 5.92 Å². The number of aliphatic hydroxyl groups excluding tert-OH is 2. The third-order valence-electron chi connectivity index (χ3n) is 6.38. The summed E-state index contributed by atoms with van der Waals surface area (Å²) >= 11 is 0. The number of fused-ring (bicyclic) bond motifs is 3. The first-order valence-corrected chi connectivity index (χ1v) is 11.4. The predicted octanol–water partition coefficient (Wildman–Crippen LogP) is 4.90. The summed E-state index contributed by atoms with van der Waals surface area (Å²) in [5.41, 5.74) is 2.97. The first kappa shape index (κ1) is 23.6. The number of aliphatic hydroxyl groups is 2. The number of benzene rings is 1. The number of allylic oxidation sites excluding steroid dienone is 2. The zero-order chi connectivity index (χ0) is 22.6. The van der Waals surface area contributed by atoms with Gasteiger partial charge in [-0.2, -0.15) is 0 Å². The van der Waals surface area contributed by atoms with Crippen molar-refractivity contribution in [3.8, 4) is 11.5 Å². The van der Waals surface area contributed by atoms with Crippen molar-refractivity contribution in [1.82, 2.24) is 0 Å². The standard InChI is InChI=1S/C25H36O6/c1-5-6-7-8-17-12-21(30-24(28)29-15-18(27)14-26)23-19-11-16(2)9-10-20(19)25(3,4)31-22(23)13-17/h11-13,18-20,26-27H,5-10,14-15H2,1-4H3. The van der Waals surface area contributed by atoms with Crippen LogP contribution in [0.4, 0.5) is 4.79 Å². The minimum Gasteiger partial charge on any atom is -0.487 e. The molecule has 2 aliphatic rings. The van der Waals surface area contributed by atoms with Crippen LogP contribution in [0.3, 0.4) is 0 Å². The van der Waals surface area contributed by atoms with Crippen molar-refractivity contribution < 1.29 is 29.2 Å². The number of rotatable bonds is 8. The molecule has 3 unspecified atom stereocenters. The molecule has 3 rings (SSSR count). The van der Waals surface area contributed by atoms with Crippen LogP contribution in [0.15, 0.2) is 23.8 Å². The number of ether oxygens (including phenoxy) is 3. The molecule has 0 saturated heterocycles. The number of hydrogen-bond donors (Lipinski definition) is 2. The molecule has 1 aliphatic carbocycles. The van der Waals surface area contributed by atoms with E-state index in [1.165, 1.54) is 5.57 Å². The van der Waals surface area contributed by atoms with Gasteiger partial charge in [-0.25, -0.2) is 4.79 Å². The molecule has 172 valence electrons. The van der Waals surface area contributed by atoms with Gasteiger partial charge in [0.2, 0.25) is 0 Å². The summed E-state index contributed by atoms with van der Waals surface area (Å²) in [5.74, 6) is 1.61. The molecular weight excluding hydrogens is 396 g/mol. The SMILES string of the molecule is CCCCCc1cc(OC(=O)OCC(O)CO)c2c(c1)OC(C)(C)C1CCC(C)=CC21. The zero-order valence-electron chi connectivity index (χ0n) is 19.1. The second-order valence-corrected chi connectivity index (χ2v) is 9.35. The Morgan fingerprint density at radius 3 is 2.81 bits per heavy atom. The third-order valence-corrected chi connectivity index (χ3v) is 6.38. The molecule has 0 fully saturated rings. The van der Waals surface area contributed by atoms with Gasteiger partial charge in [0, 0.05) is 17.4 Å². The van der Waals surface area contributed by atoms with Crippen LogP contribution in [0, 0.1) is 5.92 Å². The molecule has 0 amide bonds. The molecule has 3 atom stereocenters. The van der Waals surface area contributed by atoms with Gasteiger partial charge in [0.05, 0.1) is 6.61 Å². The summed E-state index contributed by atoms with van der Waals surface area (Å²) in [5, 5.41) is 18.4. The Morgan fingerprint density at radius 1 is 1.32 bits per heavy atom. The van der Waals surface area contributed by atoms with Gasteiger partial charge in [-0.05, 0) is 64.2 Å². The fourth-order valence-corrected chi connectivity index (χ4v) is 4.70. The Kier molecular flexibility index (Phi) is 7.65. The predicted molar refractivity (Wildman–Crippen MR) is 119 cm³/mol. The highest BCUT2D eigenvalue weighted by molar-refractivity contribution is 5.67. The van der Waals surface area contributed by atoms with Crippen LogP contribution in [-0.2, 0) is 11.2 Å². The number of carbonyl (C=O) groups is 1. The van der Waals surface area contributed by atoms with E-state index in [1.54, 1.807) is 0 Å². The van der Waals surface area contributed by atoms with E-state index in [0.29, 0.717) is 5.75 Å². The number of aryl methyl sites for hydroxylation is 1. The van der Waals surface area contributed by atoms with Crippen LogP contribution in [0.1, 0.15) is 76.8 Å². The Hall–Kier alpha value is -2.05. The van der Waals surface area contributed by atoms with Crippen LogP contribution >= 0.6 is 0 Å². The number of hydrogen-bond acceptors (Lipinski definition) is 6. The van der Waals surface area contributed by atoms with Gasteiger partial charge >= 0.3 is 6.16 Å². The quantitative estimate of drug-likeness (QED) is 0.263. The van der Waals surface area contributed by atoms with Crippen molar-refractivity contribution in [3.05, 3.63) is 34.9 Å². The van der Waals surface area contributed by atoms with Crippen LogP contribution in [0.5, 0.6) is 11.5 Å². The third kappa shape index (κ3) is 5.60. The van der Waals surface area contributed by atoms with Gasteiger partial charge in [-0.1, -0.05) is 31.4 Å². The first-order valence-electron chi connectivity index (χ1n) is 11.4. The maximum atomic E-state index is 12.3. The highest BCUT2D eigenvalue weighted by Gasteiger charge is 2.45. The van der Waals surface area contributed by atoms with E-state index in [4.69, 9.17) is 19.3 Å². The topological polar surface area (TPSA) is 85.2 Å². The average molecular weight is 433 g/mol. The fourth-order valence-electron chi connectivity index (χ4n) is 4.70. The minimum absolute atomic E-state index is 0.100. The van der Waals surface area contributed by atoms with Crippen molar-refractivity contribution in [2.75, 3.05) is 13.2 Å². The van der Waals surface area contributed by atoms with Crippen LogP contribution in [-0.4, -0.2) is 41.3 Å². The highest BCUT2D eigenvalue weighted by Crippen LogP contribution is 2.53. The minimum atomic E-state index is -1.13. The molecule has 6 heteroatoms. The van der Waals surface area contributed by atoms with E-state index in [9.17, 15) is 9.90 Å². The molecule has 0 radical (unpaired) electrons. The van der Waals surface area contributed by atoms with Crippen LogP contribution in [0.25, 0.3) is 0 Å². The zero-order valence-corrected chi connectivity index (χ0v) is 19.1. The second-order valence-electron chi connectivity index (χ2n) is 9.35. The molecule has 2 N–H and O–H groups in total. The van der Waals surface area contributed by atoms with Crippen molar-refractivity contribution in [1.29, 1.82) is 0 Å². The lowest BCUT2D eigenvalue weighted by Crippen LogP contribution is -2.45. The molecule has 0 spiro atoms. The average Bonchev–Trinajstić information content (AvgIpc) is 2.71. The molecule has 1 aliphatic heterocycles. The van der Waals surface area contributed by atoms with Gasteiger partial charge in [0.1, 0.15) is 29.8 Å². The van der Waals surface area contributed by atoms with Crippen molar-refractivity contribution >= 4 is 6.16 Å². The van der Waals surface area contributed by atoms with E-state index in [0.717, 1.165) is 55.4 Å². The summed E-state index contributed by atoms with van der Waals surface area (Å²) in [6.45, 7) is 7.78. The van der Waals surface area contributed by atoms with Gasteiger partial charge in [0.25, 0.3) is 0 Å². The monoisotopic (exact) mass is 432 g/mol. The lowest BCUT2D eigenvalue weighted by atomic mass is 9.68. The number of carbonyl (C=O) groups excluding carboxylic acids is 1. The molecule has 0 bridgehead atoms. The van der Waals surface area contributed by atoms with Crippen molar-refractivity contribution in [2.45, 2.75) is 83.8 Å². The van der Waals surface area contributed by atoms with E-state index in [-0.39, 0.29) is 24.0 Å². The van der Waals surface area contributed by atoms with Gasteiger partial charge in [0.15, 0.2) is 0 Å². The van der Waals surface area contributed by atoms with E-state index < -0.39 is 18.9 Å².